The summed E-state index contributed by atoms with van der Waals surface area (Å²) in [5.41, 5.74) is 2.94. The summed E-state index contributed by atoms with van der Waals surface area (Å²) >= 11 is 6.07. The number of aryl methyl sites for hydroxylation is 2. The molecule has 3 aromatic rings. The monoisotopic (exact) mass is 359 g/mol. The summed E-state index contributed by atoms with van der Waals surface area (Å²) in [6.07, 6.45) is 3.77. The Morgan fingerprint density at radius 2 is 2.12 bits per heavy atom. The topological polar surface area (TPSA) is 64.9 Å². The zero-order valence-corrected chi connectivity index (χ0v) is 14.9. The molecule has 0 fully saturated rings. The highest BCUT2D eigenvalue weighted by molar-refractivity contribution is 6.31. The van der Waals surface area contributed by atoms with Crippen molar-refractivity contribution < 1.29 is 14.3 Å². The Morgan fingerprint density at radius 3 is 2.88 bits per heavy atom. The Balaban J connectivity index is 1.72. The predicted octanol–water partition coefficient (Wildman–Crippen LogP) is 3.63. The third kappa shape index (κ3) is 3.69. The molecule has 2 aromatic heterocycles. The van der Waals surface area contributed by atoms with E-state index in [1.807, 2.05) is 36.7 Å². The van der Waals surface area contributed by atoms with Crippen LogP contribution in [0.25, 0.3) is 5.65 Å². The number of aromatic nitrogens is 2. The second-order valence-electron chi connectivity index (χ2n) is 5.62. The first-order valence-electron chi connectivity index (χ1n) is 7.69. The number of carbonyl (C=O) groups is 1. The largest absolute Gasteiger partial charge is 0.495 e. The van der Waals surface area contributed by atoms with Crippen LogP contribution in [0, 0.1) is 13.8 Å². The molecule has 1 N–H and O–H groups in total. The van der Waals surface area contributed by atoms with Crippen molar-refractivity contribution in [3.63, 3.8) is 0 Å². The van der Waals surface area contributed by atoms with Gasteiger partial charge in [-0.2, -0.15) is 0 Å². The van der Waals surface area contributed by atoms with E-state index in [2.05, 4.69) is 10.3 Å². The molecule has 6 nitrogen and oxygen atoms in total. The van der Waals surface area contributed by atoms with Gasteiger partial charge in [-0.25, -0.2) is 4.98 Å². The smallest absolute Gasteiger partial charge is 0.262 e. The van der Waals surface area contributed by atoms with Gasteiger partial charge in [0.05, 0.1) is 18.5 Å². The maximum absolute atomic E-state index is 12.2. The number of benzene rings is 1. The molecule has 0 saturated heterocycles. The number of pyridine rings is 1. The number of ether oxygens (including phenoxy) is 2. The van der Waals surface area contributed by atoms with Gasteiger partial charge in [0, 0.05) is 23.5 Å². The van der Waals surface area contributed by atoms with Crippen molar-refractivity contribution in [1.82, 2.24) is 9.38 Å². The first-order valence-corrected chi connectivity index (χ1v) is 8.07. The highest BCUT2D eigenvalue weighted by Crippen LogP contribution is 2.31. The Morgan fingerprint density at radius 1 is 1.32 bits per heavy atom. The quantitative estimate of drug-likeness (QED) is 0.755. The van der Waals surface area contributed by atoms with E-state index in [4.69, 9.17) is 21.1 Å². The van der Waals surface area contributed by atoms with Gasteiger partial charge < -0.3 is 19.2 Å². The molecule has 0 unspecified atom stereocenters. The van der Waals surface area contributed by atoms with Crippen molar-refractivity contribution in [2.24, 2.45) is 0 Å². The van der Waals surface area contributed by atoms with Gasteiger partial charge in [-0.3, -0.25) is 4.79 Å². The van der Waals surface area contributed by atoms with Crippen molar-refractivity contribution in [3.8, 4) is 11.5 Å². The fourth-order valence-corrected chi connectivity index (χ4v) is 2.64. The molecule has 7 heteroatoms. The summed E-state index contributed by atoms with van der Waals surface area (Å²) in [5, 5.41) is 3.35. The number of amides is 1. The molecule has 1 aromatic carbocycles. The van der Waals surface area contributed by atoms with Crippen molar-refractivity contribution in [1.29, 1.82) is 0 Å². The number of rotatable bonds is 5. The van der Waals surface area contributed by atoms with Gasteiger partial charge in [-0.15, -0.1) is 0 Å². The number of halogens is 1. The van der Waals surface area contributed by atoms with Gasteiger partial charge in [-0.1, -0.05) is 11.6 Å². The Kier molecular flexibility index (Phi) is 4.81. The molecule has 0 aliphatic heterocycles. The van der Waals surface area contributed by atoms with Crippen LogP contribution in [0.15, 0.2) is 36.7 Å². The first-order chi connectivity index (χ1) is 12.0. The van der Waals surface area contributed by atoms with Crippen LogP contribution in [-0.4, -0.2) is 29.0 Å². The van der Waals surface area contributed by atoms with Gasteiger partial charge in [-0.05, 0) is 37.6 Å². The molecule has 0 bridgehead atoms. The third-order valence-electron chi connectivity index (χ3n) is 3.68. The second-order valence-corrected chi connectivity index (χ2v) is 6.03. The van der Waals surface area contributed by atoms with Crippen LogP contribution in [0.4, 0.5) is 5.69 Å². The third-order valence-corrected chi connectivity index (χ3v) is 4.09. The summed E-state index contributed by atoms with van der Waals surface area (Å²) in [6.45, 7) is 3.62. The van der Waals surface area contributed by atoms with E-state index < -0.39 is 0 Å². The van der Waals surface area contributed by atoms with Gasteiger partial charge in [0.15, 0.2) is 18.0 Å². The number of imidazole rings is 1. The van der Waals surface area contributed by atoms with Crippen LogP contribution < -0.4 is 14.8 Å². The van der Waals surface area contributed by atoms with Gasteiger partial charge in [0.25, 0.3) is 5.91 Å². The average Bonchev–Trinajstić information content (AvgIpc) is 2.96. The van der Waals surface area contributed by atoms with E-state index in [1.54, 1.807) is 18.2 Å². The van der Waals surface area contributed by atoms with Crippen molar-refractivity contribution >= 4 is 28.8 Å². The highest BCUT2D eigenvalue weighted by atomic mass is 35.5. The molecule has 0 saturated carbocycles. The molecular formula is C18H18ClN3O3. The van der Waals surface area contributed by atoms with E-state index in [-0.39, 0.29) is 12.5 Å². The number of anilines is 1. The van der Waals surface area contributed by atoms with Crippen LogP contribution >= 0.6 is 11.6 Å². The minimum atomic E-state index is -0.301. The van der Waals surface area contributed by atoms with Crippen LogP contribution in [0.1, 0.15) is 11.3 Å². The SMILES string of the molecule is COc1cc(Cl)c(C)cc1NC(=O)COc1cccn2cc(C)nc12. The molecule has 0 aliphatic rings. The molecular weight excluding hydrogens is 342 g/mol. The minimum Gasteiger partial charge on any atom is -0.495 e. The fourth-order valence-electron chi connectivity index (χ4n) is 2.48. The van der Waals surface area contributed by atoms with Crippen LogP contribution in [0.2, 0.25) is 5.02 Å². The molecule has 1 amide bonds. The van der Waals surface area contributed by atoms with E-state index >= 15 is 0 Å². The lowest BCUT2D eigenvalue weighted by atomic mass is 10.2. The lowest BCUT2D eigenvalue weighted by Crippen LogP contribution is -2.20. The maximum atomic E-state index is 12.2. The number of fused-ring (bicyclic) bond motifs is 1. The van der Waals surface area contributed by atoms with Crippen LogP contribution in [0.3, 0.4) is 0 Å². The summed E-state index contributed by atoms with van der Waals surface area (Å²) in [6, 6.07) is 7.05. The molecule has 130 valence electrons. The standard InChI is InChI=1S/C18H18ClN3O3/c1-11-7-14(16(24-3)8-13(11)19)21-17(23)10-25-15-5-4-6-22-9-12(2)20-18(15)22/h4-9H,10H2,1-3H3,(H,21,23). The van der Waals surface area contributed by atoms with Crippen molar-refractivity contribution in [2.45, 2.75) is 13.8 Å². The fraction of sp³-hybridized carbons (Fsp3) is 0.222. The molecule has 3 rings (SSSR count). The number of nitrogens with one attached hydrogen (secondary N) is 1. The zero-order chi connectivity index (χ0) is 18.0. The minimum absolute atomic E-state index is 0.142. The van der Waals surface area contributed by atoms with Crippen molar-refractivity contribution in [2.75, 3.05) is 19.0 Å². The Bertz CT molecular complexity index is 937. The number of hydrogen-bond acceptors (Lipinski definition) is 4. The van der Waals surface area contributed by atoms with E-state index in [0.717, 1.165) is 11.3 Å². The number of carbonyl (C=O) groups excluding carboxylic acids is 1. The summed E-state index contributed by atoms with van der Waals surface area (Å²) in [7, 11) is 1.52. The predicted molar refractivity (Wildman–Crippen MR) is 96.8 cm³/mol. The molecule has 25 heavy (non-hydrogen) atoms. The lowest BCUT2D eigenvalue weighted by molar-refractivity contribution is -0.118. The molecule has 0 spiro atoms. The average molecular weight is 360 g/mol. The van der Waals surface area contributed by atoms with Crippen molar-refractivity contribution in [3.05, 3.63) is 52.9 Å². The van der Waals surface area contributed by atoms with E-state index in [9.17, 15) is 4.79 Å². The molecule has 2 heterocycles. The van der Waals surface area contributed by atoms with Gasteiger partial charge >= 0.3 is 0 Å². The summed E-state index contributed by atoms with van der Waals surface area (Å²) in [4.78, 5) is 16.6. The number of nitrogens with zero attached hydrogens (tertiary/aromatic N) is 2. The summed E-state index contributed by atoms with van der Waals surface area (Å²) in [5.74, 6) is 0.741. The number of methoxy groups -OCH3 is 1. The normalized spacial score (nSPS) is 10.7. The maximum Gasteiger partial charge on any atom is 0.262 e. The molecule has 0 aliphatic carbocycles. The van der Waals surface area contributed by atoms with E-state index in [0.29, 0.717) is 27.9 Å². The Labute approximate surface area is 150 Å². The highest BCUT2D eigenvalue weighted by Gasteiger charge is 2.12. The van der Waals surface area contributed by atoms with E-state index in [1.165, 1.54) is 7.11 Å². The summed E-state index contributed by atoms with van der Waals surface area (Å²) < 4.78 is 12.7. The molecule has 0 atom stereocenters. The van der Waals surface area contributed by atoms with Gasteiger partial charge in [0.1, 0.15) is 5.75 Å². The second kappa shape index (κ2) is 7.03. The van der Waals surface area contributed by atoms with Crippen LogP contribution in [0.5, 0.6) is 11.5 Å². The lowest BCUT2D eigenvalue weighted by Gasteiger charge is -2.13. The van der Waals surface area contributed by atoms with Crippen LogP contribution in [-0.2, 0) is 4.79 Å². The Hall–Kier alpha value is -2.73. The first kappa shape index (κ1) is 17.1. The zero-order valence-electron chi connectivity index (χ0n) is 14.2. The van der Waals surface area contributed by atoms with Gasteiger partial charge in [0.2, 0.25) is 0 Å². The number of hydrogen-bond donors (Lipinski definition) is 1. The molecule has 0 radical (unpaired) electrons.